The first-order valence-electron chi connectivity index (χ1n) is 12.0. The fraction of sp³-hybridized carbons (Fsp3) is 0.214. The van der Waals surface area contributed by atoms with Gasteiger partial charge in [0, 0.05) is 24.1 Å². The van der Waals surface area contributed by atoms with Crippen molar-refractivity contribution in [3.05, 3.63) is 118 Å². The quantitative estimate of drug-likeness (QED) is 0.196. The lowest BCUT2D eigenvalue weighted by Gasteiger charge is -2.36. The molecule has 0 fully saturated rings. The molecule has 5 nitrogen and oxygen atoms in total. The van der Waals surface area contributed by atoms with Gasteiger partial charge < -0.3 is 14.6 Å². The summed E-state index contributed by atoms with van der Waals surface area (Å²) in [5, 5.41) is 6.09. The van der Waals surface area contributed by atoms with Crippen LogP contribution in [0.4, 0.5) is 43.9 Å². The molecule has 4 rings (SSSR count). The van der Waals surface area contributed by atoms with Crippen molar-refractivity contribution in [3.8, 4) is 5.75 Å². The zero-order valence-corrected chi connectivity index (χ0v) is 21.6. The molecule has 43 heavy (non-hydrogen) atoms. The molecule has 1 unspecified atom stereocenters. The Hall–Kier alpha value is -4.56. The van der Waals surface area contributed by atoms with Gasteiger partial charge >= 0.3 is 18.7 Å². The van der Waals surface area contributed by atoms with Gasteiger partial charge in [-0.15, -0.1) is 0 Å². The molecular formula is C28H18F10N2O3. The molecule has 0 aliphatic rings. The van der Waals surface area contributed by atoms with Crippen LogP contribution in [-0.4, -0.2) is 23.6 Å². The number of nitrogens with one attached hydrogen (secondary N) is 1. The number of amides is 1. The minimum atomic E-state index is -5.20. The SMILES string of the molecule is Cc1cc(CC(NC(=O)c2ccc(F)c(C(F)(F)F)c2)(c2ccc(F)cc2)c2cc(F)cc(OC(F)(F)C(F)F)c2)on1. The molecule has 3 aromatic carbocycles. The third kappa shape index (κ3) is 6.92. The van der Waals surface area contributed by atoms with E-state index in [2.05, 4.69) is 15.2 Å². The molecule has 1 amide bonds. The van der Waals surface area contributed by atoms with Gasteiger partial charge in [0.1, 0.15) is 29.0 Å². The monoisotopic (exact) mass is 620 g/mol. The van der Waals surface area contributed by atoms with Crippen molar-refractivity contribution in [2.75, 3.05) is 0 Å². The maximum Gasteiger partial charge on any atom is 0.461 e. The second-order valence-corrected chi connectivity index (χ2v) is 9.31. The van der Waals surface area contributed by atoms with Gasteiger partial charge in [-0.2, -0.15) is 30.7 Å². The van der Waals surface area contributed by atoms with E-state index in [0.29, 0.717) is 30.0 Å². The van der Waals surface area contributed by atoms with Crippen LogP contribution in [0.1, 0.15) is 38.5 Å². The molecule has 0 saturated heterocycles. The maximum absolute atomic E-state index is 14.9. The maximum atomic E-state index is 14.9. The normalized spacial score (nSPS) is 13.6. The largest absolute Gasteiger partial charge is 0.461 e. The number of rotatable bonds is 9. The van der Waals surface area contributed by atoms with Crippen molar-refractivity contribution >= 4 is 5.91 Å². The highest BCUT2D eigenvalue weighted by Gasteiger charge is 2.45. The number of ether oxygens (including phenoxy) is 1. The summed E-state index contributed by atoms with van der Waals surface area (Å²) in [6.07, 6.45) is -15.1. The Kier molecular flexibility index (Phi) is 8.47. The molecule has 1 heterocycles. The third-order valence-corrected chi connectivity index (χ3v) is 6.19. The highest BCUT2D eigenvalue weighted by molar-refractivity contribution is 5.95. The summed E-state index contributed by atoms with van der Waals surface area (Å²) < 4.78 is 145. The lowest BCUT2D eigenvalue weighted by Crippen LogP contribution is -2.48. The zero-order chi connectivity index (χ0) is 31.7. The van der Waals surface area contributed by atoms with Gasteiger partial charge in [-0.1, -0.05) is 17.3 Å². The predicted octanol–water partition coefficient (Wildman–Crippen LogP) is 7.57. The fourth-order valence-corrected chi connectivity index (χ4v) is 4.27. The molecule has 15 heteroatoms. The van der Waals surface area contributed by atoms with Crippen LogP contribution in [0.15, 0.2) is 71.3 Å². The van der Waals surface area contributed by atoms with Crippen molar-refractivity contribution in [1.29, 1.82) is 0 Å². The summed E-state index contributed by atoms with van der Waals surface area (Å²) in [6, 6.07) is 8.39. The smallest absolute Gasteiger partial charge is 0.428 e. The molecule has 1 aromatic heterocycles. The third-order valence-electron chi connectivity index (χ3n) is 6.19. The summed E-state index contributed by atoms with van der Waals surface area (Å²) in [6.45, 7) is 1.50. The summed E-state index contributed by atoms with van der Waals surface area (Å²) in [4.78, 5) is 13.5. The Labute approximate surface area is 236 Å². The van der Waals surface area contributed by atoms with Crippen LogP contribution >= 0.6 is 0 Å². The van der Waals surface area contributed by atoms with E-state index in [1.807, 2.05) is 0 Å². The minimum Gasteiger partial charge on any atom is -0.428 e. The second-order valence-electron chi connectivity index (χ2n) is 9.31. The van der Waals surface area contributed by atoms with Crippen LogP contribution < -0.4 is 10.1 Å². The summed E-state index contributed by atoms with van der Waals surface area (Å²) in [5.41, 5.74) is -4.95. The minimum absolute atomic E-state index is 0.0400. The fourth-order valence-electron chi connectivity index (χ4n) is 4.27. The lowest BCUT2D eigenvalue weighted by atomic mass is 9.78. The van der Waals surface area contributed by atoms with Gasteiger partial charge in [0.25, 0.3) is 5.91 Å². The van der Waals surface area contributed by atoms with Gasteiger partial charge in [0.05, 0.1) is 16.8 Å². The summed E-state index contributed by atoms with van der Waals surface area (Å²) in [5.74, 6) is -6.24. The van der Waals surface area contributed by atoms with Crippen LogP contribution in [0, 0.1) is 24.4 Å². The highest BCUT2D eigenvalue weighted by Crippen LogP contribution is 2.39. The molecule has 1 N–H and O–H groups in total. The average molecular weight is 620 g/mol. The number of nitrogens with zero attached hydrogens (tertiary/aromatic N) is 1. The van der Waals surface area contributed by atoms with E-state index >= 15 is 0 Å². The molecule has 0 bridgehead atoms. The number of aromatic nitrogens is 1. The Bertz CT molecular complexity index is 1620. The Balaban J connectivity index is 1.95. The predicted molar refractivity (Wildman–Crippen MR) is 129 cm³/mol. The number of alkyl halides is 7. The van der Waals surface area contributed by atoms with Gasteiger partial charge in [-0.3, -0.25) is 4.79 Å². The molecule has 1 atom stereocenters. The topological polar surface area (TPSA) is 64.4 Å². The first-order chi connectivity index (χ1) is 20.0. The van der Waals surface area contributed by atoms with E-state index in [1.54, 1.807) is 0 Å². The second kappa shape index (κ2) is 11.6. The van der Waals surface area contributed by atoms with Crippen LogP contribution in [0.5, 0.6) is 5.75 Å². The van der Waals surface area contributed by atoms with E-state index in [1.165, 1.54) is 13.0 Å². The number of halogens is 10. The molecule has 4 aromatic rings. The number of aryl methyl sites for hydroxylation is 1. The van der Waals surface area contributed by atoms with E-state index in [0.717, 1.165) is 30.3 Å². The van der Waals surface area contributed by atoms with E-state index in [-0.39, 0.29) is 17.4 Å². The van der Waals surface area contributed by atoms with Crippen LogP contribution in [-0.2, 0) is 18.1 Å². The number of hydrogen-bond donors (Lipinski definition) is 1. The number of hydrogen-bond acceptors (Lipinski definition) is 4. The molecule has 0 radical (unpaired) electrons. The van der Waals surface area contributed by atoms with Crippen molar-refractivity contribution in [3.63, 3.8) is 0 Å². The number of carbonyl (C=O) groups is 1. The van der Waals surface area contributed by atoms with E-state index in [9.17, 15) is 48.7 Å². The van der Waals surface area contributed by atoms with Crippen molar-refractivity contribution in [1.82, 2.24) is 10.5 Å². The highest BCUT2D eigenvalue weighted by atomic mass is 19.4. The zero-order valence-electron chi connectivity index (χ0n) is 21.6. The molecule has 228 valence electrons. The summed E-state index contributed by atoms with van der Waals surface area (Å²) >= 11 is 0. The number of benzene rings is 3. The molecule has 0 aliphatic heterocycles. The van der Waals surface area contributed by atoms with Crippen molar-refractivity contribution < 1.29 is 58.0 Å². The van der Waals surface area contributed by atoms with Crippen LogP contribution in [0.3, 0.4) is 0 Å². The van der Waals surface area contributed by atoms with Gasteiger partial charge in [0.15, 0.2) is 0 Å². The molecule has 0 aliphatic carbocycles. The Morgan fingerprint density at radius 1 is 0.884 bits per heavy atom. The standard InChI is InChI=1S/C28H18F10N2O3/c1-14-8-21(43-40-14)13-26(16-3-5-18(29)6-4-16,17-10-19(30)12-20(11-17)42-28(37,38)25(32)33)39-24(41)15-2-7-23(31)22(9-15)27(34,35)36/h2-12,25H,13H2,1H3,(H,39,41). The lowest BCUT2D eigenvalue weighted by molar-refractivity contribution is -0.253. The molecule has 0 saturated carbocycles. The number of carbonyl (C=O) groups excluding carboxylic acids is 1. The van der Waals surface area contributed by atoms with E-state index < -0.39 is 76.5 Å². The van der Waals surface area contributed by atoms with Gasteiger partial charge in [-0.05, 0) is 60.5 Å². The average Bonchev–Trinajstić information content (AvgIpc) is 3.31. The molecule has 0 spiro atoms. The van der Waals surface area contributed by atoms with Crippen LogP contribution in [0.2, 0.25) is 0 Å². The first kappa shape index (κ1) is 31.4. The van der Waals surface area contributed by atoms with Crippen molar-refractivity contribution in [2.45, 2.75) is 37.6 Å². The Morgan fingerprint density at radius 2 is 1.56 bits per heavy atom. The summed E-state index contributed by atoms with van der Waals surface area (Å²) in [7, 11) is 0. The molecular weight excluding hydrogens is 602 g/mol. The first-order valence-corrected chi connectivity index (χ1v) is 12.0. The van der Waals surface area contributed by atoms with Gasteiger partial charge in [0.2, 0.25) is 0 Å². The Morgan fingerprint density at radius 3 is 2.14 bits per heavy atom. The van der Waals surface area contributed by atoms with E-state index in [4.69, 9.17) is 4.52 Å². The van der Waals surface area contributed by atoms with Crippen LogP contribution in [0.25, 0.3) is 0 Å². The van der Waals surface area contributed by atoms with Crippen molar-refractivity contribution in [2.24, 2.45) is 0 Å². The van der Waals surface area contributed by atoms with Gasteiger partial charge in [-0.25, -0.2) is 13.2 Å².